The third-order valence-corrected chi connectivity index (χ3v) is 2.86. The van der Waals surface area contributed by atoms with Crippen molar-refractivity contribution in [1.29, 1.82) is 0 Å². The van der Waals surface area contributed by atoms with E-state index in [0.29, 0.717) is 5.75 Å². The predicted octanol–water partition coefficient (Wildman–Crippen LogP) is 0.890. The maximum Gasteiger partial charge on any atom is 0.303 e. The van der Waals surface area contributed by atoms with Crippen molar-refractivity contribution in [2.24, 2.45) is 0 Å². The first-order valence-corrected chi connectivity index (χ1v) is 5.91. The normalized spacial score (nSPS) is 13.2. The SMILES string of the molecule is COc1ccc(OC(C)S(=O)(=O)O)c(N)c1. The first-order valence-electron chi connectivity index (χ1n) is 4.41. The fraction of sp³-hybridized carbons (Fsp3) is 0.333. The smallest absolute Gasteiger partial charge is 0.303 e. The molecule has 1 rings (SSSR count). The molecule has 1 aromatic rings. The standard InChI is InChI=1S/C9H13NO5S/c1-6(16(11,12)13)15-9-4-3-7(14-2)5-8(9)10/h3-6H,10H2,1-2H3,(H,11,12,13). The molecule has 0 saturated carbocycles. The lowest BCUT2D eigenvalue weighted by Crippen LogP contribution is -2.23. The molecular formula is C9H13NO5S. The summed E-state index contributed by atoms with van der Waals surface area (Å²) >= 11 is 0. The third-order valence-electron chi connectivity index (χ3n) is 1.93. The highest BCUT2D eigenvalue weighted by molar-refractivity contribution is 7.86. The third kappa shape index (κ3) is 3.01. The topological polar surface area (TPSA) is 98.8 Å². The summed E-state index contributed by atoms with van der Waals surface area (Å²) in [6, 6.07) is 4.53. The van der Waals surface area contributed by atoms with Crippen molar-refractivity contribution in [3.05, 3.63) is 18.2 Å². The average molecular weight is 247 g/mol. The number of hydrogen-bond acceptors (Lipinski definition) is 5. The molecule has 0 aliphatic heterocycles. The molecule has 0 amide bonds. The predicted molar refractivity (Wildman–Crippen MR) is 59.0 cm³/mol. The number of rotatable bonds is 4. The molecule has 7 heteroatoms. The minimum absolute atomic E-state index is 0.172. The van der Waals surface area contributed by atoms with E-state index in [4.69, 9.17) is 19.8 Å². The van der Waals surface area contributed by atoms with Crippen LogP contribution in [0.3, 0.4) is 0 Å². The van der Waals surface area contributed by atoms with Gasteiger partial charge in [-0.05, 0) is 19.1 Å². The van der Waals surface area contributed by atoms with E-state index in [1.165, 1.54) is 26.2 Å². The Morgan fingerprint density at radius 1 is 1.44 bits per heavy atom. The zero-order valence-corrected chi connectivity index (χ0v) is 9.69. The highest BCUT2D eigenvalue weighted by atomic mass is 32.2. The second kappa shape index (κ2) is 4.58. The first-order chi connectivity index (χ1) is 7.34. The molecule has 1 atom stereocenters. The van der Waals surface area contributed by atoms with Crippen molar-refractivity contribution < 1.29 is 22.4 Å². The Hall–Kier alpha value is -1.47. The van der Waals surface area contributed by atoms with Gasteiger partial charge in [-0.15, -0.1) is 0 Å². The Morgan fingerprint density at radius 2 is 2.06 bits per heavy atom. The van der Waals surface area contributed by atoms with Crippen LogP contribution in [-0.2, 0) is 10.1 Å². The molecule has 1 unspecified atom stereocenters. The van der Waals surface area contributed by atoms with Gasteiger partial charge in [0.1, 0.15) is 11.5 Å². The molecule has 6 nitrogen and oxygen atoms in total. The Bertz CT molecular complexity index is 471. The molecule has 0 heterocycles. The van der Waals surface area contributed by atoms with Crippen LogP contribution in [0.15, 0.2) is 18.2 Å². The molecule has 3 N–H and O–H groups in total. The molecule has 0 fully saturated rings. The van der Waals surface area contributed by atoms with Crippen LogP contribution < -0.4 is 15.2 Å². The molecule has 0 aromatic heterocycles. The van der Waals surface area contributed by atoms with Gasteiger partial charge < -0.3 is 15.2 Å². The number of hydrogen-bond donors (Lipinski definition) is 2. The number of benzene rings is 1. The molecule has 0 radical (unpaired) electrons. The Labute approximate surface area is 93.7 Å². The van der Waals surface area contributed by atoms with E-state index in [1.54, 1.807) is 6.07 Å². The van der Waals surface area contributed by atoms with Gasteiger partial charge in [0.25, 0.3) is 0 Å². The minimum Gasteiger partial charge on any atom is -0.497 e. The van der Waals surface area contributed by atoms with Gasteiger partial charge in [0.05, 0.1) is 12.8 Å². The van der Waals surface area contributed by atoms with Gasteiger partial charge in [-0.1, -0.05) is 0 Å². The Balaban J connectivity index is 2.91. The Kier molecular flexibility index (Phi) is 3.61. The average Bonchev–Trinajstić information content (AvgIpc) is 2.19. The molecule has 1 aromatic carbocycles. The minimum atomic E-state index is -4.24. The van der Waals surface area contributed by atoms with E-state index in [2.05, 4.69) is 0 Å². The fourth-order valence-electron chi connectivity index (χ4n) is 1.00. The van der Waals surface area contributed by atoms with Crippen LogP contribution in [0.1, 0.15) is 6.92 Å². The zero-order chi connectivity index (χ0) is 12.3. The lowest BCUT2D eigenvalue weighted by molar-refractivity contribution is 0.275. The van der Waals surface area contributed by atoms with Gasteiger partial charge in [-0.2, -0.15) is 8.42 Å². The zero-order valence-electron chi connectivity index (χ0n) is 8.88. The molecule has 0 spiro atoms. The van der Waals surface area contributed by atoms with Crippen molar-refractivity contribution in [2.45, 2.75) is 12.4 Å². The number of ether oxygens (including phenoxy) is 2. The van der Waals surface area contributed by atoms with Crippen LogP contribution in [-0.4, -0.2) is 25.5 Å². The van der Waals surface area contributed by atoms with Gasteiger partial charge >= 0.3 is 10.1 Å². The molecule has 90 valence electrons. The van der Waals surface area contributed by atoms with E-state index in [0.717, 1.165) is 0 Å². The second-order valence-electron chi connectivity index (χ2n) is 3.10. The van der Waals surface area contributed by atoms with Gasteiger partial charge in [-0.3, -0.25) is 4.55 Å². The van der Waals surface area contributed by atoms with Crippen LogP contribution in [0.2, 0.25) is 0 Å². The Morgan fingerprint density at radius 3 is 2.50 bits per heavy atom. The van der Waals surface area contributed by atoms with E-state index in [-0.39, 0.29) is 11.4 Å². The van der Waals surface area contributed by atoms with Crippen molar-refractivity contribution in [1.82, 2.24) is 0 Å². The number of nitrogen functional groups attached to an aromatic ring is 1. The largest absolute Gasteiger partial charge is 0.497 e. The summed E-state index contributed by atoms with van der Waals surface area (Å²) in [6.07, 6.45) is 0. The summed E-state index contributed by atoms with van der Waals surface area (Å²) in [6.45, 7) is 1.21. The summed E-state index contributed by atoms with van der Waals surface area (Å²) < 4.78 is 40.1. The van der Waals surface area contributed by atoms with Crippen molar-refractivity contribution in [3.8, 4) is 11.5 Å². The highest BCUT2D eigenvalue weighted by Crippen LogP contribution is 2.27. The van der Waals surface area contributed by atoms with Gasteiger partial charge in [0, 0.05) is 6.07 Å². The molecule has 0 aliphatic rings. The van der Waals surface area contributed by atoms with Crippen LogP contribution in [0.25, 0.3) is 0 Å². The van der Waals surface area contributed by atoms with E-state index < -0.39 is 15.6 Å². The molecule has 0 bridgehead atoms. The maximum absolute atomic E-state index is 10.7. The van der Waals surface area contributed by atoms with E-state index >= 15 is 0 Å². The van der Waals surface area contributed by atoms with E-state index in [9.17, 15) is 8.42 Å². The second-order valence-corrected chi connectivity index (χ2v) is 4.80. The first kappa shape index (κ1) is 12.6. The van der Waals surface area contributed by atoms with Crippen molar-refractivity contribution in [2.75, 3.05) is 12.8 Å². The van der Waals surface area contributed by atoms with Crippen LogP contribution in [0.4, 0.5) is 5.69 Å². The molecule has 0 aliphatic carbocycles. The summed E-state index contributed by atoms with van der Waals surface area (Å²) in [7, 11) is -2.76. The van der Waals surface area contributed by atoms with Gasteiger partial charge in [0.15, 0.2) is 0 Å². The summed E-state index contributed by atoms with van der Waals surface area (Å²) in [5, 5.41) is 0. The molecular weight excluding hydrogens is 234 g/mol. The maximum atomic E-state index is 10.7. The fourth-order valence-corrected chi connectivity index (χ4v) is 1.23. The summed E-state index contributed by atoms with van der Waals surface area (Å²) in [5.74, 6) is 0.704. The lowest BCUT2D eigenvalue weighted by atomic mass is 10.3. The van der Waals surface area contributed by atoms with Crippen molar-refractivity contribution >= 4 is 15.8 Å². The summed E-state index contributed by atoms with van der Waals surface area (Å²) in [4.78, 5) is 0. The number of nitrogens with two attached hydrogens (primary N) is 1. The highest BCUT2D eigenvalue weighted by Gasteiger charge is 2.19. The summed E-state index contributed by atoms with van der Waals surface area (Å²) in [5.41, 5.74) is 4.47. The molecule has 16 heavy (non-hydrogen) atoms. The van der Waals surface area contributed by atoms with Crippen molar-refractivity contribution in [3.63, 3.8) is 0 Å². The van der Waals surface area contributed by atoms with E-state index in [1.807, 2.05) is 0 Å². The van der Waals surface area contributed by atoms with Crippen LogP contribution in [0.5, 0.6) is 11.5 Å². The lowest BCUT2D eigenvalue weighted by Gasteiger charge is -2.13. The molecule has 0 saturated heterocycles. The quantitative estimate of drug-likeness (QED) is 0.605. The number of methoxy groups -OCH3 is 1. The van der Waals surface area contributed by atoms with Crippen LogP contribution >= 0.6 is 0 Å². The monoisotopic (exact) mass is 247 g/mol. The van der Waals surface area contributed by atoms with Gasteiger partial charge in [0.2, 0.25) is 5.44 Å². The van der Waals surface area contributed by atoms with Gasteiger partial charge in [-0.25, -0.2) is 0 Å². The number of anilines is 1. The van der Waals surface area contributed by atoms with Crippen LogP contribution in [0, 0.1) is 0 Å².